The van der Waals surface area contributed by atoms with Gasteiger partial charge in [-0.05, 0) is 19.9 Å². The molecule has 1 aliphatic rings. The highest BCUT2D eigenvalue weighted by molar-refractivity contribution is 5.67. The van der Waals surface area contributed by atoms with Gasteiger partial charge in [0.1, 0.15) is 6.04 Å². The number of hydrogen-bond acceptors (Lipinski definition) is 4. The van der Waals surface area contributed by atoms with E-state index in [0.29, 0.717) is 0 Å². The second-order valence-electron chi connectivity index (χ2n) is 4.36. The van der Waals surface area contributed by atoms with Gasteiger partial charge in [0.05, 0.1) is 6.61 Å². The van der Waals surface area contributed by atoms with Crippen LogP contribution in [-0.2, 0) is 4.74 Å². The molecular weight excluding hydrogens is 263 g/mol. The van der Waals surface area contributed by atoms with E-state index in [4.69, 9.17) is 10.5 Å². The molecule has 0 aromatic heterocycles. The maximum absolute atomic E-state index is 12.9. The number of halogens is 3. The number of carbonyl (C=O) groups is 1. The summed E-state index contributed by atoms with van der Waals surface area (Å²) in [5.41, 5.74) is 5.24. The predicted molar refractivity (Wildman–Crippen MR) is 63.7 cm³/mol. The Labute approximate surface area is 110 Å². The maximum Gasteiger partial charge on any atom is 0.409 e. The van der Waals surface area contributed by atoms with E-state index in [0.717, 1.165) is 0 Å². The molecule has 8 heteroatoms. The summed E-state index contributed by atoms with van der Waals surface area (Å²) >= 11 is 0. The van der Waals surface area contributed by atoms with Gasteiger partial charge < -0.3 is 15.4 Å². The SMILES string of the molecule is CCOC(=O)N1CCN(C(CCN)C(F)(F)F)CC1. The van der Waals surface area contributed by atoms with Crippen molar-refractivity contribution in [2.75, 3.05) is 39.3 Å². The van der Waals surface area contributed by atoms with E-state index >= 15 is 0 Å². The zero-order valence-corrected chi connectivity index (χ0v) is 10.9. The van der Waals surface area contributed by atoms with Crippen molar-refractivity contribution in [3.63, 3.8) is 0 Å². The van der Waals surface area contributed by atoms with Crippen LogP contribution in [0.2, 0.25) is 0 Å². The van der Waals surface area contributed by atoms with E-state index in [1.54, 1.807) is 6.92 Å². The average molecular weight is 283 g/mol. The minimum atomic E-state index is -4.29. The summed E-state index contributed by atoms with van der Waals surface area (Å²) in [6.07, 6.45) is -4.88. The largest absolute Gasteiger partial charge is 0.450 e. The standard InChI is InChI=1S/C11H20F3N3O2/c1-2-19-10(18)17-7-5-16(6-8-17)9(3-4-15)11(12,13)14/h9H,2-8,15H2,1H3. The second kappa shape index (κ2) is 6.95. The maximum atomic E-state index is 12.9. The molecule has 1 amide bonds. The summed E-state index contributed by atoms with van der Waals surface area (Å²) in [4.78, 5) is 14.2. The normalized spacial score (nSPS) is 19.3. The molecule has 0 bridgehead atoms. The first-order valence-corrected chi connectivity index (χ1v) is 6.32. The van der Waals surface area contributed by atoms with Gasteiger partial charge in [0.25, 0.3) is 0 Å². The van der Waals surface area contributed by atoms with Crippen molar-refractivity contribution in [1.82, 2.24) is 9.80 Å². The highest BCUT2D eigenvalue weighted by Crippen LogP contribution is 2.27. The van der Waals surface area contributed by atoms with Crippen LogP contribution in [0.25, 0.3) is 0 Å². The van der Waals surface area contributed by atoms with Gasteiger partial charge in [-0.2, -0.15) is 13.2 Å². The fourth-order valence-electron chi connectivity index (χ4n) is 2.14. The molecule has 1 unspecified atom stereocenters. The third kappa shape index (κ3) is 4.54. The fourth-order valence-corrected chi connectivity index (χ4v) is 2.14. The van der Waals surface area contributed by atoms with Gasteiger partial charge >= 0.3 is 12.3 Å². The van der Waals surface area contributed by atoms with Gasteiger partial charge in [0, 0.05) is 26.2 Å². The number of ether oxygens (including phenoxy) is 1. The zero-order chi connectivity index (χ0) is 14.5. The van der Waals surface area contributed by atoms with E-state index in [1.807, 2.05) is 0 Å². The molecule has 0 saturated carbocycles. The Bertz CT molecular complexity index is 291. The van der Waals surface area contributed by atoms with Crippen LogP contribution in [0.1, 0.15) is 13.3 Å². The molecule has 5 nitrogen and oxygen atoms in total. The van der Waals surface area contributed by atoms with Crippen LogP contribution in [0.3, 0.4) is 0 Å². The number of rotatable bonds is 4. The van der Waals surface area contributed by atoms with Crippen molar-refractivity contribution in [2.45, 2.75) is 25.6 Å². The Morgan fingerprint density at radius 3 is 2.32 bits per heavy atom. The van der Waals surface area contributed by atoms with Crippen molar-refractivity contribution in [3.8, 4) is 0 Å². The minimum Gasteiger partial charge on any atom is -0.450 e. The monoisotopic (exact) mass is 283 g/mol. The van der Waals surface area contributed by atoms with E-state index in [9.17, 15) is 18.0 Å². The highest BCUT2D eigenvalue weighted by Gasteiger charge is 2.43. The molecule has 19 heavy (non-hydrogen) atoms. The second-order valence-corrected chi connectivity index (χ2v) is 4.36. The third-order valence-corrected chi connectivity index (χ3v) is 3.10. The lowest BCUT2D eigenvalue weighted by atomic mass is 10.1. The molecule has 0 aromatic carbocycles. The fraction of sp³-hybridized carbons (Fsp3) is 0.909. The van der Waals surface area contributed by atoms with Crippen molar-refractivity contribution in [2.24, 2.45) is 5.73 Å². The first kappa shape index (κ1) is 16.0. The van der Waals surface area contributed by atoms with Gasteiger partial charge in [0.2, 0.25) is 0 Å². The lowest BCUT2D eigenvalue weighted by molar-refractivity contribution is -0.188. The Morgan fingerprint density at radius 1 is 1.32 bits per heavy atom. The third-order valence-electron chi connectivity index (χ3n) is 3.10. The van der Waals surface area contributed by atoms with Gasteiger partial charge in [0.15, 0.2) is 0 Å². The van der Waals surface area contributed by atoms with Crippen LogP contribution in [0, 0.1) is 0 Å². The Morgan fingerprint density at radius 2 is 1.89 bits per heavy atom. The van der Waals surface area contributed by atoms with Crippen molar-refractivity contribution >= 4 is 6.09 Å². The van der Waals surface area contributed by atoms with E-state index in [-0.39, 0.29) is 45.8 Å². The van der Waals surface area contributed by atoms with Gasteiger partial charge in [-0.15, -0.1) is 0 Å². The summed E-state index contributed by atoms with van der Waals surface area (Å²) in [5.74, 6) is 0. The number of nitrogens with two attached hydrogens (primary N) is 1. The number of alkyl halides is 3. The summed E-state index contributed by atoms with van der Waals surface area (Å²) < 4.78 is 43.4. The summed E-state index contributed by atoms with van der Waals surface area (Å²) in [6.45, 7) is 2.80. The number of amides is 1. The lowest BCUT2D eigenvalue weighted by Gasteiger charge is -2.39. The van der Waals surface area contributed by atoms with Crippen LogP contribution < -0.4 is 5.73 Å². The number of carbonyl (C=O) groups excluding carboxylic acids is 1. The van der Waals surface area contributed by atoms with Crippen LogP contribution in [0.4, 0.5) is 18.0 Å². The van der Waals surface area contributed by atoms with Crippen LogP contribution in [0.15, 0.2) is 0 Å². The predicted octanol–water partition coefficient (Wildman–Crippen LogP) is 1.04. The van der Waals surface area contributed by atoms with Crippen molar-refractivity contribution < 1.29 is 22.7 Å². The van der Waals surface area contributed by atoms with Gasteiger partial charge in [-0.1, -0.05) is 0 Å². The van der Waals surface area contributed by atoms with Crippen molar-refractivity contribution in [1.29, 1.82) is 0 Å². The molecule has 0 aromatic rings. The Kier molecular flexibility index (Phi) is 5.86. The molecule has 0 radical (unpaired) electrons. The first-order chi connectivity index (χ1) is 8.90. The Balaban J connectivity index is 2.53. The summed E-state index contributed by atoms with van der Waals surface area (Å²) in [7, 11) is 0. The lowest BCUT2D eigenvalue weighted by Crippen LogP contribution is -2.56. The van der Waals surface area contributed by atoms with Gasteiger partial charge in [-0.3, -0.25) is 4.90 Å². The quantitative estimate of drug-likeness (QED) is 0.837. The first-order valence-electron chi connectivity index (χ1n) is 6.32. The minimum absolute atomic E-state index is 0.0116. The highest BCUT2D eigenvalue weighted by atomic mass is 19.4. The molecule has 2 N–H and O–H groups in total. The zero-order valence-electron chi connectivity index (χ0n) is 10.9. The topological polar surface area (TPSA) is 58.8 Å². The molecule has 0 aliphatic carbocycles. The number of piperazine rings is 1. The summed E-state index contributed by atoms with van der Waals surface area (Å²) in [6, 6.07) is -1.53. The smallest absolute Gasteiger partial charge is 0.409 e. The molecular formula is C11H20F3N3O2. The van der Waals surface area contributed by atoms with Crippen LogP contribution >= 0.6 is 0 Å². The molecule has 1 rings (SSSR count). The molecule has 1 atom stereocenters. The molecule has 1 fully saturated rings. The van der Waals surface area contributed by atoms with E-state index in [2.05, 4.69) is 0 Å². The molecule has 1 heterocycles. The van der Waals surface area contributed by atoms with Crippen LogP contribution in [0.5, 0.6) is 0 Å². The molecule has 1 saturated heterocycles. The van der Waals surface area contributed by atoms with E-state index < -0.39 is 18.3 Å². The van der Waals surface area contributed by atoms with E-state index in [1.165, 1.54) is 9.80 Å². The number of hydrogen-bond donors (Lipinski definition) is 1. The number of nitrogens with zero attached hydrogens (tertiary/aromatic N) is 2. The molecule has 0 spiro atoms. The van der Waals surface area contributed by atoms with Gasteiger partial charge in [-0.25, -0.2) is 4.79 Å². The molecule has 1 aliphatic heterocycles. The van der Waals surface area contributed by atoms with Crippen molar-refractivity contribution in [3.05, 3.63) is 0 Å². The Hall–Kier alpha value is -1.02. The van der Waals surface area contributed by atoms with Crippen LogP contribution in [-0.4, -0.2) is 67.4 Å². The average Bonchev–Trinajstić information content (AvgIpc) is 2.35. The molecule has 112 valence electrons. The summed E-state index contributed by atoms with van der Waals surface area (Å²) in [5, 5.41) is 0.